The first-order valence-electron chi connectivity index (χ1n) is 7.19. The number of hydrogen-bond donors (Lipinski definition) is 2. The van der Waals surface area contributed by atoms with Gasteiger partial charge in [0.2, 0.25) is 0 Å². The molecular weight excluding hydrogens is 220 g/mol. The maximum atomic E-state index is 4.00. The minimum Gasteiger partial charge on any atom is -0.316 e. The van der Waals surface area contributed by atoms with E-state index in [1.165, 1.54) is 18.4 Å². The van der Waals surface area contributed by atoms with Gasteiger partial charge in [0.1, 0.15) is 0 Å². The van der Waals surface area contributed by atoms with Gasteiger partial charge in [-0.15, -0.1) is 6.58 Å². The van der Waals surface area contributed by atoms with Crippen molar-refractivity contribution < 1.29 is 0 Å². The van der Waals surface area contributed by atoms with Gasteiger partial charge in [-0.1, -0.05) is 38.2 Å². The molecule has 0 heterocycles. The molecule has 2 N–H and O–H groups in total. The standard InChI is InChI=1S/C16H28N2/c1-4-11-17-13-15-7-9-16(6-3,10-8-15)14-18-12-5-2/h6-9,17-18H,3-5,10-14H2,1-2H3. The van der Waals surface area contributed by atoms with Crippen molar-refractivity contribution in [1.82, 2.24) is 10.6 Å². The van der Waals surface area contributed by atoms with Gasteiger partial charge in [-0.3, -0.25) is 0 Å². The largest absolute Gasteiger partial charge is 0.316 e. The SMILES string of the molecule is C=CC1(CNCCC)C=CC(CNCCC)=CC1. The van der Waals surface area contributed by atoms with Crippen LogP contribution in [-0.4, -0.2) is 26.2 Å². The minimum absolute atomic E-state index is 0.115. The van der Waals surface area contributed by atoms with Gasteiger partial charge in [-0.25, -0.2) is 0 Å². The molecule has 18 heavy (non-hydrogen) atoms. The van der Waals surface area contributed by atoms with Crippen molar-refractivity contribution >= 4 is 0 Å². The zero-order valence-corrected chi connectivity index (χ0v) is 12.0. The predicted molar refractivity (Wildman–Crippen MR) is 80.8 cm³/mol. The van der Waals surface area contributed by atoms with Crippen molar-refractivity contribution in [3.8, 4) is 0 Å². The molecule has 0 amide bonds. The van der Waals surface area contributed by atoms with Crippen molar-refractivity contribution in [2.75, 3.05) is 26.2 Å². The van der Waals surface area contributed by atoms with E-state index in [4.69, 9.17) is 0 Å². The van der Waals surface area contributed by atoms with Crippen LogP contribution in [0.15, 0.2) is 36.5 Å². The molecule has 1 aliphatic rings. The highest BCUT2D eigenvalue weighted by Crippen LogP contribution is 2.30. The Kier molecular flexibility index (Phi) is 6.99. The first-order valence-corrected chi connectivity index (χ1v) is 7.19. The molecule has 0 fully saturated rings. The van der Waals surface area contributed by atoms with Gasteiger partial charge >= 0.3 is 0 Å². The molecule has 1 atom stereocenters. The van der Waals surface area contributed by atoms with Crippen LogP contribution >= 0.6 is 0 Å². The van der Waals surface area contributed by atoms with Crippen LogP contribution in [0.3, 0.4) is 0 Å². The second-order valence-electron chi connectivity index (χ2n) is 5.11. The van der Waals surface area contributed by atoms with Crippen LogP contribution in [0.25, 0.3) is 0 Å². The van der Waals surface area contributed by atoms with Gasteiger partial charge < -0.3 is 10.6 Å². The summed E-state index contributed by atoms with van der Waals surface area (Å²) in [7, 11) is 0. The second-order valence-corrected chi connectivity index (χ2v) is 5.11. The third kappa shape index (κ3) is 4.79. The zero-order valence-electron chi connectivity index (χ0n) is 12.0. The van der Waals surface area contributed by atoms with E-state index in [0.717, 1.165) is 32.6 Å². The quantitative estimate of drug-likeness (QED) is 0.484. The number of nitrogens with one attached hydrogen (secondary N) is 2. The Morgan fingerprint density at radius 3 is 2.56 bits per heavy atom. The average Bonchev–Trinajstić information content (AvgIpc) is 2.41. The highest BCUT2D eigenvalue weighted by atomic mass is 14.9. The summed E-state index contributed by atoms with van der Waals surface area (Å²) in [5, 5.41) is 6.94. The first-order chi connectivity index (χ1) is 8.76. The van der Waals surface area contributed by atoms with E-state index in [1.54, 1.807) is 0 Å². The highest BCUT2D eigenvalue weighted by Gasteiger charge is 2.23. The molecule has 1 unspecified atom stereocenters. The van der Waals surface area contributed by atoms with E-state index in [0.29, 0.717) is 0 Å². The Morgan fingerprint density at radius 2 is 2.00 bits per heavy atom. The summed E-state index contributed by atoms with van der Waals surface area (Å²) >= 11 is 0. The Bertz CT molecular complexity index is 304. The summed E-state index contributed by atoms with van der Waals surface area (Å²) in [5.74, 6) is 0. The van der Waals surface area contributed by atoms with Crippen LogP contribution in [0.4, 0.5) is 0 Å². The number of allylic oxidation sites excluding steroid dienone is 1. The molecule has 102 valence electrons. The van der Waals surface area contributed by atoms with Crippen LogP contribution in [0.2, 0.25) is 0 Å². The topological polar surface area (TPSA) is 24.1 Å². The van der Waals surface area contributed by atoms with E-state index in [-0.39, 0.29) is 5.41 Å². The molecule has 0 aliphatic heterocycles. The molecule has 2 nitrogen and oxygen atoms in total. The van der Waals surface area contributed by atoms with Crippen molar-refractivity contribution in [2.24, 2.45) is 5.41 Å². The van der Waals surface area contributed by atoms with Gasteiger partial charge in [0.05, 0.1) is 0 Å². The highest BCUT2D eigenvalue weighted by molar-refractivity contribution is 5.30. The maximum Gasteiger partial charge on any atom is 0.0221 e. The summed E-state index contributed by atoms with van der Waals surface area (Å²) in [6.07, 6.45) is 12.4. The van der Waals surface area contributed by atoms with E-state index >= 15 is 0 Å². The van der Waals surface area contributed by atoms with Gasteiger partial charge in [-0.05, 0) is 37.9 Å². The zero-order chi connectivity index (χ0) is 13.3. The molecule has 0 saturated heterocycles. The summed E-state index contributed by atoms with van der Waals surface area (Å²) < 4.78 is 0. The van der Waals surface area contributed by atoms with Gasteiger partial charge in [0.25, 0.3) is 0 Å². The fourth-order valence-corrected chi connectivity index (χ4v) is 2.12. The van der Waals surface area contributed by atoms with Gasteiger partial charge in [-0.2, -0.15) is 0 Å². The Labute approximate surface area is 112 Å². The fourth-order valence-electron chi connectivity index (χ4n) is 2.12. The lowest BCUT2D eigenvalue weighted by Crippen LogP contribution is -2.32. The average molecular weight is 248 g/mol. The molecule has 0 aromatic heterocycles. The molecular formula is C16H28N2. The summed E-state index contributed by atoms with van der Waals surface area (Å²) in [5.41, 5.74) is 1.51. The van der Waals surface area contributed by atoms with E-state index in [1.807, 2.05) is 0 Å². The lowest BCUT2D eigenvalue weighted by atomic mass is 9.80. The first kappa shape index (κ1) is 15.2. The normalized spacial score (nSPS) is 22.9. The third-order valence-electron chi connectivity index (χ3n) is 3.42. The smallest absolute Gasteiger partial charge is 0.0221 e. The molecule has 2 heteroatoms. The van der Waals surface area contributed by atoms with Crippen LogP contribution < -0.4 is 10.6 Å². The third-order valence-corrected chi connectivity index (χ3v) is 3.42. The van der Waals surface area contributed by atoms with Crippen molar-refractivity contribution in [1.29, 1.82) is 0 Å². The molecule has 0 radical (unpaired) electrons. The molecule has 0 aromatic rings. The van der Waals surface area contributed by atoms with Gasteiger partial charge in [0.15, 0.2) is 0 Å². The summed E-state index contributed by atoms with van der Waals surface area (Å²) in [6.45, 7) is 12.5. The maximum absolute atomic E-state index is 4.00. The van der Waals surface area contributed by atoms with Crippen LogP contribution in [0.1, 0.15) is 33.1 Å². The lowest BCUT2D eigenvalue weighted by Gasteiger charge is -2.29. The Hall–Kier alpha value is -0.860. The number of rotatable bonds is 9. The molecule has 1 rings (SSSR count). The minimum atomic E-state index is 0.115. The number of hydrogen-bond acceptors (Lipinski definition) is 2. The van der Waals surface area contributed by atoms with Gasteiger partial charge in [0, 0.05) is 18.5 Å². The van der Waals surface area contributed by atoms with Crippen LogP contribution in [0.5, 0.6) is 0 Å². The van der Waals surface area contributed by atoms with E-state index < -0.39 is 0 Å². The molecule has 0 saturated carbocycles. The van der Waals surface area contributed by atoms with Crippen LogP contribution in [0, 0.1) is 5.41 Å². The monoisotopic (exact) mass is 248 g/mol. The second kappa shape index (κ2) is 8.28. The van der Waals surface area contributed by atoms with E-state index in [9.17, 15) is 0 Å². The molecule has 0 spiro atoms. The predicted octanol–water partition coefficient (Wildman–Crippen LogP) is 3.04. The van der Waals surface area contributed by atoms with Crippen molar-refractivity contribution in [3.63, 3.8) is 0 Å². The summed E-state index contributed by atoms with van der Waals surface area (Å²) in [6, 6.07) is 0. The molecule has 0 bridgehead atoms. The van der Waals surface area contributed by atoms with E-state index in [2.05, 4.69) is 55.4 Å². The van der Waals surface area contributed by atoms with Crippen LogP contribution in [-0.2, 0) is 0 Å². The fraction of sp³-hybridized carbons (Fsp3) is 0.625. The molecule has 0 aromatic carbocycles. The summed E-state index contributed by atoms with van der Waals surface area (Å²) in [4.78, 5) is 0. The molecule has 1 aliphatic carbocycles. The van der Waals surface area contributed by atoms with Crippen molar-refractivity contribution in [3.05, 3.63) is 36.5 Å². The lowest BCUT2D eigenvalue weighted by molar-refractivity contribution is 0.444. The van der Waals surface area contributed by atoms with Crippen molar-refractivity contribution in [2.45, 2.75) is 33.1 Å². The Morgan fingerprint density at radius 1 is 1.28 bits per heavy atom. The Balaban J connectivity index is 2.43.